The van der Waals surface area contributed by atoms with E-state index < -0.39 is 21.9 Å². The molecular weight excluding hydrogens is 283 g/mol. The summed E-state index contributed by atoms with van der Waals surface area (Å²) in [5.41, 5.74) is 5.44. The van der Waals surface area contributed by atoms with Crippen molar-refractivity contribution < 1.29 is 17.2 Å². The predicted molar refractivity (Wildman–Crippen MR) is 73.0 cm³/mol. The number of nitrogens with two attached hydrogens (primary N) is 1. The van der Waals surface area contributed by atoms with E-state index in [0.717, 1.165) is 6.07 Å². The highest BCUT2D eigenvalue weighted by Gasteiger charge is 2.21. The summed E-state index contributed by atoms with van der Waals surface area (Å²) in [7, 11) is -3.80. The van der Waals surface area contributed by atoms with Crippen LogP contribution in [-0.4, -0.2) is 8.42 Å². The van der Waals surface area contributed by atoms with Gasteiger partial charge in [0.05, 0.1) is 22.9 Å². The minimum absolute atomic E-state index is 0.0766. The minimum Gasteiger partial charge on any atom is -0.468 e. The number of nitrogens with one attached hydrogen (secondary N) is 1. The molecule has 3 N–H and O–H groups in total. The van der Waals surface area contributed by atoms with Crippen LogP contribution in [0.4, 0.5) is 10.1 Å². The summed E-state index contributed by atoms with van der Waals surface area (Å²) in [4.78, 5) is -0.0766. The van der Waals surface area contributed by atoms with Crippen LogP contribution in [0.15, 0.2) is 39.8 Å². The number of sulfonamides is 1. The second kappa shape index (κ2) is 5.26. The number of benzene rings is 1. The van der Waals surface area contributed by atoms with E-state index in [0.29, 0.717) is 5.76 Å². The molecule has 0 saturated carbocycles. The number of anilines is 1. The monoisotopic (exact) mass is 298 g/mol. The molecule has 0 aliphatic carbocycles. The zero-order chi connectivity index (χ0) is 14.9. The number of hydrogen-bond donors (Lipinski definition) is 2. The van der Waals surface area contributed by atoms with Crippen molar-refractivity contribution in [1.29, 1.82) is 0 Å². The molecule has 0 fully saturated rings. The van der Waals surface area contributed by atoms with E-state index in [2.05, 4.69) is 4.72 Å². The van der Waals surface area contributed by atoms with Crippen molar-refractivity contribution in [3.05, 3.63) is 47.7 Å². The maximum Gasteiger partial charge on any atom is 0.241 e. The summed E-state index contributed by atoms with van der Waals surface area (Å²) in [6, 6.07) is 5.13. The number of rotatable bonds is 4. The van der Waals surface area contributed by atoms with Crippen molar-refractivity contribution in [3.8, 4) is 0 Å². The smallest absolute Gasteiger partial charge is 0.241 e. The molecule has 1 heterocycles. The molecule has 1 unspecified atom stereocenters. The van der Waals surface area contributed by atoms with Crippen molar-refractivity contribution in [2.24, 2.45) is 0 Å². The highest BCUT2D eigenvalue weighted by atomic mass is 32.2. The van der Waals surface area contributed by atoms with Crippen LogP contribution in [0.2, 0.25) is 0 Å². The lowest BCUT2D eigenvalue weighted by Gasteiger charge is -2.13. The van der Waals surface area contributed by atoms with Crippen molar-refractivity contribution in [2.45, 2.75) is 24.8 Å². The average molecular weight is 298 g/mol. The zero-order valence-electron chi connectivity index (χ0n) is 11.1. The Labute approximate surface area is 116 Å². The Morgan fingerprint density at radius 1 is 1.40 bits per heavy atom. The summed E-state index contributed by atoms with van der Waals surface area (Å²) >= 11 is 0. The van der Waals surface area contributed by atoms with Gasteiger partial charge in [0.25, 0.3) is 0 Å². The maximum atomic E-state index is 13.4. The fourth-order valence-corrected chi connectivity index (χ4v) is 3.15. The molecule has 1 atom stereocenters. The highest BCUT2D eigenvalue weighted by molar-refractivity contribution is 7.89. The van der Waals surface area contributed by atoms with Gasteiger partial charge in [-0.15, -0.1) is 0 Å². The SMILES string of the molecule is Cc1cc(S(=O)(=O)NC(C)c2ccco2)cc(N)c1F. The molecule has 108 valence electrons. The molecular formula is C13H15FN2O3S. The van der Waals surface area contributed by atoms with Crippen LogP contribution < -0.4 is 10.5 Å². The van der Waals surface area contributed by atoms with E-state index in [1.807, 2.05) is 0 Å². The van der Waals surface area contributed by atoms with E-state index >= 15 is 0 Å². The Morgan fingerprint density at radius 3 is 2.65 bits per heavy atom. The first-order chi connectivity index (χ1) is 9.31. The third-order valence-electron chi connectivity index (χ3n) is 2.87. The van der Waals surface area contributed by atoms with Gasteiger partial charge >= 0.3 is 0 Å². The van der Waals surface area contributed by atoms with Crippen molar-refractivity contribution in [1.82, 2.24) is 4.72 Å². The summed E-state index contributed by atoms with van der Waals surface area (Å²) in [6.07, 6.45) is 1.46. The molecule has 5 nitrogen and oxygen atoms in total. The van der Waals surface area contributed by atoms with E-state index in [1.165, 1.54) is 19.3 Å². The third kappa shape index (κ3) is 2.83. The lowest BCUT2D eigenvalue weighted by molar-refractivity contribution is 0.459. The van der Waals surface area contributed by atoms with E-state index in [-0.39, 0.29) is 16.1 Å². The number of aryl methyl sites for hydroxylation is 1. The minimum atomic E-state index is -3.80. The molecule has 0 radical (unpaired) electrons. The molecule has 0 saturated heterocycles. The highest BCUT2D eigenvalue weighted by Crippen LogP contribution is 2.22. The molecule has 0 aliphatic rings. The van der Waals surface area contributed by atoms with E-state index in [4.69, 9.17) is 10.2 Å². The zero-order valence-corrected chi connectivity index (χ0v) is 11.9. The Morgan fingerprint density at radius 2 is 2.10 bits per heavy atom. The quantitative estimate of drug-likeness (QED) is 0.848. The van der Waals surface area contributed by atoms with Crippen LogP contribution >= 0.6 is 0 Å². The first-order valence-electron chi connectivity index (χ1n) is 5.92. The lowest BCUT2D eigenvalue weighted by atomic mass is 10.2. The first-order valence-corrected chi connectivity index (χ1v) is 7.41. The average Bonchev–Trinajstić information content (AvgIpc) is 2.88. The van der Waals surface area contributed by atoms with Gasteiger partial charge in [0.1, 0.15) is 11.6 Å². The van der Waals surface area contributed by atoms with Crippen LogP contribution in [0.5, 0.6) is 0 Å². The van der Waals surface area contributed by atoms with Crippen LogP contribution in [0.1, 0.15) is 24.3 Å². The number of hydrogen-bond acceptors (Lipinski definition) is 4. The third-order valence-corrected chi connectivity index (χ3v) is 4.39. The Hall–Kier alpha value is -1.86. The van der Waals surface area contributed by atoms with Gasteiger partial charge in [-0.2, -0.15) is 0 Å². The normalized spacial score (nSPS) is 13.3. The molecule has 0 amide bonds. The van der Waals surface area contributed by atoms with E-state index in [1.54, 1.807) is 19.1 Å². The molecule has 1 aromatic carbocycles. The second-order valence-electron chi connectivity index (χ2n) is 4.50. The van der Waals surface area contributed by atoms with Crippen LogP contribution in [0, 0.1) is 12.7 Å². The van der Waals surface area contributed by atoms with Crippen molar-refractivity contribution >= 4 is 15.7 Å². The van der Waals surface area contributed by atoms with Gasteiger partial charge in [-0.3, -0.25) is 0 Å². The van der Waals surface area contributed by atoms with E-state index in [9.17, 15) is 12.8 Å². The molecule has 2 rings (SSSR count). The van der Waals surface area contributed by atoms with Crippen molar-refractivity contribution in [2.75, 3.05) is 5.73 Å². The van der Waals surface area contributed by atoms with Gasteiger partial charge in [-0.05, 0) is 43.7 Å². The molecule has 2 aromatic rings. The lowest BCUT2D eigenvalue weighted by Crippen LogP contribution is -2.27. The van der Waals surface area contributed by atoms with Crippen LogP contribution in [0.3, 0.4) is 0 Å². The fourth-order valence-electron chi connectivity index (χ4n) is 1.81. The molecule has 0 spiro atoms. The Bertz CT molecular complexity index is 688. The summed E-state index contributed by atoms with van der Waals surface area (Å²) in [5.74, 6) is -0.122. The Kier molecular flexibility index (Phi) is 3.82. The molecule has 20 heavy (non-hydrogen) atoms. The molecule has 1 aromatic heterocycles. The number of furan rings is 1. The summed E-state index contributed by atoms with van der Waals surface area (Å²) in [6.45, 7) is 3.11. The van der Waals surface area contributed by atoms with Crippen LogP contribution in [-0.2, 0) is 10.0 Å². The van der Waals surface area contributed by atoms with Gasteiger partial charge in [0.2, 0.25) is 10.0 Å². The topological polar surface area (TPSA) is 85.3 Å². The van der Waals surface area contributed by atoms with Gasteiger partial charge in [-0.25, -0.2) is 17.5 Å². The van der Waals surface area contributed by atoms with Gasteiger partial charge in [0, 0.05) is 0 Å². The van der Waals surface area contributed by atoms with Gasteiger partial charge < -0.3 is 10.2 Å². The van der Waals surface area contributed by atoms with Gasteiger partial charge in [-0.1, -0.05) is 0 Å². The molecule has 7 heteroatoms. The largest absolute Gasteiger partial charge is 0.468 e. The summed E-state index contributed by atoms with van der Waals surface area (Å²) in [5, 5.41) is 0. The number of halogens is 1. The predicted octanol–water partition coefficient (Wildman–Crippen LogP) is 2.35. The van der Waals surface area contributed by atoms with Gasteiger partial charge in [0.15, 0.2) is 0 Å². The fraction of sp³-hybridized carbons (Fsp3) is 0.231. The molecule has 0 aliphatic heterocycles. The number of nitrogen functional groups attached to an aromatic ring is 1. The van der Waals surface area contributed by atoms with Crippen molar-refractivity contribution in [3.63, 3.8) is 0 Å². The second-order valence-corrected chi connectivity index (χ2v) is 6.22. The van der Waals surface area contributed by atoms with Crippen LogP contribution in [0.25, 0.3) is 0 Å². The molecule has 0 bridgehead atoms. The Balaban J connectivity index is 2.31. The first kappa shape index (κ1) is 14.5. The summed E-state index contributed by atoms with van der Waals surface area (Å²) < 4.78 is 45.5. The maximum absolute atomic E-state index is 13.4. The standard InChI is InChI=1S/C13H15FN2O3S/c1-8-6-10(7-11(15)13(8)14)20(17,18)16-9(2)12-4-3-5-19-12/h3-7,9,16H,15H2,1-2H3.